The second-order valence-electron chi connectivity index (χ2n) is 4.38. The van der Waals surface area contributed by atoms with E-state index in [2.05, 4.69) is 16.3 Å². The highest BCUT2D eigenvalue weighted by molar-refractivity contribution is 8.19. The highest BCUT2D eigenvalue weighted by Crippen LogP contribution is 2.35. The van der Waals surface area contributed by atoms with Gasteiger partial charge in [-0.25, -0.2) is 4.79 Å². The highest BCUT2D eigenvalue weighted by Gasteiger charge is 2.35. The number of esters is 1. The minimum absolute atomic E-state index is 0.260. The number of hydrogen-bond acceptors (Lipinski definition) is 6. The van der Waals surface area contributed by atoms with Crippen LogP contribution in [-0.4, -0.2) is 37.8 Å². The second-order valence-corrected chi connectivity index (χ2v) is 5.39. The SMILES string of the molecule is C=CCN=C1S/C(=C/C(=O)OC)C(=O)N1c1ccc(OC)cc1. The number of methoxy groups -OCH3 is 2. The van der Waals surface area contributed by atoms with Crippen molar-refractivity contribution in [3.8, 4) is 5.75 Å². The van der Waals surface area contributed by atoms with Gasteiger partial charge in [0.1, 0.15) is 5.75 Å². The summed E-state index contributed by atoms with van der Waals surface area (Å²) in [5.41, 5.74) is 0.638. The summed E-state index contributed by atoms with van der Waals surface area (Å²) in [6.45, 7) is 3.99. The quantitative estimate of drug-likeness (QED) is 0.470. The van der Waals surface area contributed by atoms with Gasteiger partial charge in [0.2, 0.25) is 0 Å². The molecule has 0 atom stereocenters. The summed E-state index contributed by atoms with van der Waals surface area (Å²) in [6, 6.07) is 7.00. The van der Waals surface area contributed by atoms with E-state index in [4.69, 9.17) is 4.74 Å². The summed E-state index contributed by atoms with van der Waals surface area (Å²) < 4.78 is 9.69. The van der Waals surface area contributed by atoms with Crippen LogP contribution in [0, 0.1) is 0 Å². The molecule has 120 valence electrons. The molecule has 0 radical (unpaired) electrons. The maximum Gasteiger partial charge on any atom is 0.331 e. The zero-order valence-electron chi connectivity index (χ0n) is 12.8. The Balaban J connectivity index is 2.39. The van der Waals surface area contributed by atoms with Crippen molar-refractivity contribution in [2.24, 2.45) is 4.99 Å². The van der Waals surface area contributed by atoms with E-state index in [1.807, 2.05) is 0 Å². The molecule has 6 nitrogen and oxygen atoms in total. The average molecular weight is 332 g/mol. The Hall–Kier alpha value is -2.54. The Morgan fingerprint density at radius 1 is 1.35 bits per heavy atom. The molecule has 1 fully saturated rings. The number of carbonyl (C=O) groups excluding carboxylic acids is 2. The number of rotatable bonds is 5. The monoisotopic (exact) mass is 332 g/mol. The molecule has 1 aromatic rings. The van der Waals surface area contributed by atoms with Gasteiger partial charge in [-0.15, -0.1) is 6.58 Å². The number of amides is 1. The van der Waals surface area contributed by atoms with E-state index in [-0.39, 0.29) is 10.8 Å². The molecule has 23 heavy (non-hydrogen) atoms. The first-order valence-electron chi connectivity index (χ1n) is 6.72. The third kappa shape index (κ3) is 3.81. The third-order valence-electron chi connectivity index (χ3n) is 2.94. The molecule has 1 heterocycles. The minimum Gasteiger partial charge on any atom is -0.497 e. The van der Waals surface area contributed by atoms with Crippen LogP contribution in [0.25, 0.3) is 0 Å². The van der Waals surface area contributed by atoms with E-state index >= 15 is 0 Å². The van der Waals surface area contributed by atoms with Crippen LogP contribution in [-0.2, 0) is 14.3 Å². The molecule has 0 saturated carbocycles. The standard InChI is InChI=1S/C16H16N2O4S/c1-4-9-17-16-18(11-5-7-12(21-2)8-6-11)15(20)13(23-16)10-14(19)22-3/h4-8,10H,1,9H2,2-3H3/b13-10+,17-16?. The fourth-order valence-corrected chi connectivity index (χ4v) is 2.80. The van der Waals surface area contributed by atoms with Crippen LogP contribution in [0.2, 0.25) is 0 Å². The van der Waals surface area contributed by atoms with E-state index in [1.165, 1.54) is 18.1 Å². The molecule has 1 aromatic carbocycles. The summed E-state index contributed by atoms with van der Waals surface area (Å²) >= 11 is 1.12. The summed E-state index contributed by atoms with van der Waals surface area (Å²) in [5.74, 6) is -0.225. The fourth-order valence-electron chi connectivity index (χ4n) is 1.85. The van der Waals surface area contributed by atoms with Gasteiger partial charge in [-0.05, 0) is 36.0 Å². The minimum atomic E-state index is -0.583. The number of benzene rings is 1. The van der Waals surface area contributed by atoms with Crippen molar-refractivity contribution in [3.63, 3.8) is 0 Å². The number of ether oxygens (including phenoxy) is 2. The molecule has 0 aliphatic carbocycles. The highest BCUT2D eigenvalue weighted by atomic mass is 32.2. The van der Waals surface area contributed by atoms with Crippen molar-refractivity contribution in [3.05, 3.63) is 47.9 Å². The van der Waals surface area contributed by atoms with Gasteiger partial charge in [0.05, 0.1) is 31.4 Å². The van der Waals surface area contributed by atoms with Crippen LogP contribution in [0.4, 0.5) is 5.69 Å². The first-order chi connectivity index (χ1) is 11.1. The molecule has 1 amide bonds. The van der Waals surface area contributed by atoms with Gasteiger partial charge >= 0.3 is 5.97 Å². The van der Waals surface area contributed by atoms with Crippen molar-refractivity contribution < 1.29 is 19.1 Å². The van der Waals surface area contributed by atoms with Crippen molar-refractivity contribution in [1.82, 2.24) is 0 Å². The lowest BCUT2D eigenvalue weighted by Gasteiger charge is -2.15. The molecule has 0 bridgehead atoms. The summed E-state index contributed by atoms with van der Waals surface area (Å²) in [4.78, 5) is 30.0. The van der Waals surface area contributed by atoms with E-state index < -0.39 is 5.97 Å². The molecular formula is C16H16N2O4S. The number of thioether (sulfide) groups is 1. The lowest BCUT2D eigenvalue weighted by atomic mass is 10.2. The Bertz CT molecular complexity index is 680. The molecule has 0 aromatic heterocycles. The molecule has 0 N–H and O–H groups in total. The van der Waals surface area contributed by atoms with E-state index in [0.29, 0.717) is 23.1 Å². The molecule has 1 aliphatic heterocycles. The first-order valence-corrected chi connectivity index (χ1v) is 7.53. The normalized spacial score (nSPS) is 17.7. The zero-order chi connectivity index (χ0) is 16.8. The summed E-state index contributed by atoms with van der Waals surface area (Å²) in [7, 11) is 2.83. The van der Waals surface area contributed by atoms with E-state index in [0.717, 1.165) is 11.8 Å². The van der Waals surface area contributed by atoms with Gasteiger partial charge in [0, 0.05) is 6.08 Å². The van der Waals surface area contributed by atoms with E-state index in [9.17, 15) is 9.59 Å². The van der Waals surface area contributed by atoms with Crippen LogP contribution in [0.5, 0.6) is 5.75 Å². The van der Waals surface area contributed by atoms with Gasteiger partial charge in [0.25, 0.3) is 5.91 Å². The number of nitrogens with zero attached hydrogens (tertiary/aromatic N) is 2. The predicted molar refractivity (Wildman–Crippen MR) is 90.7 cm³/mol. The predicted octanol–water partition coefficient (Wildman–Crippen LogP) is 2.37. The largest absolute Gasteiger partial charge is 0.497 e. The van der Waals surface area contributed by atoms with Crippen LogP contribution < -0.4 is 9.64 Å². The van der Waals surface area contributed by atoms with Gasteiger partial charge in [-0.2, -0.15) is 0 Å². The lowest BCUT2D eigenvalue weighted by molar-refractivity contribution is -0.135. The summed E-state index contributed by atoms with van der Waals surface area (Å²) in [5, 5.41) is 0.482. The Labute approximate surface area is 138 Å². The van der Waals surface area contributed by atoms with Crippen LogP contribution in [0.3, 0.4) is 0 Å². The Morgan fingerprint density at radius 3 is 2.61 bits per heavy atom. The average Bonchev–Trinajstić information content (AvgIpc) is 2.88. The number of amidine groups is 1. The van der Waals surface area contributed by atoms with Crippen LogP contribution in [0.1, 0.15) is 0 Å². The maximum absolute atomic E-state index is 12.6. The van der Waals surface area contributed by atoms with Crippen LogP contribution in [0.15, 0.2) is 52.9 Å². The van der Waals surface area contributed by atoms with E-state index in [1.54, 1.807) is 37.5 Å². The van der Waals surface area contributed by atoms with Crippen molar-refractivity contribution in [2.75, 3.05) is 25.7 Å². The van der Waals surface area contributed by atoms with Gasteiger partial charge in [0.15, 0.2) is 5.17 Å². The first kappa shape index (κ1) is 16.8. The number of carbonyl (C=O) groups is 2. The van der Waals surface area contributed by atoms with Gasteiger partial charge < -0.3 is 9.47 Å². The van der Waals surface area contributed by atoms with Crippen molar-refractivity contribution in [2.45, 2.75) is 0 Å². The maximum atomic E-state index is 12.6. The number of anilines is 1. The van der Waals surface area contributed by atoms with Crippen molar-refractivity contribution >= 4 is 34.5 Å². The molecule has 0 unspecified atom stereocenters. The van der Waals surface area contributed by atoms with Crippen LogP contribution >= 0.6 is 11.8 Å². The Kier molecular flexibility index (Phi) is 5.59. The molecular weight excluding hydrogens is 316 g/mol. The zero-order valence-corrected chi connectivity index (χ0v) is 13.6. The van der Waals surface area contributed by atoms with Gasteiger partial charge in [-0.1, -0.05) is 6.08 Å². The smallest absolute Gasteiger partial charge is 0.331 e. The number of hydrogen-bond donors (Lipinski definition) is 0. The molecule has 7 heteroatoms. The lowest BCUT2D eigenvalue weighted by Crippen LogP contribution is -2.29. The summed E-state index contributed by atoms with van der Waals surface area (Å²) in [6.07, 6.45) is 2.80. The van der Waals surface area contributed by atoms with Crippen molar-refractivity contribution in [1.29, 1.82) is 0 Å². The molecule has 1 aliphatic rings. The third-order valence-corrected chi connectivity index (χ3v) is 3.95. The molecule has 0 spiro atoms. The molecule has 1 saturated heterocycles. The fraction of sp³-hybridized carbons (Fsp3) is 0.188. The topological polar surface area (TPSA) is 68.2 Å². The molecule has 2 rings (SSSR count). The van der Waals surface area contributed by atoms with Gasteiger partial charge in [-0.3, -0.25) is 14.7 Å². The second kappa shape index (κ2) is 7.64. The Morgan fingerprint density at radius 2 is 2.04 bits per heavy atom. The number of aliphatic imine (C=N–C) groups is 1.